The molecule has 1 atom stereocenters. The smallest absolute Gasteiger partial charge is 0.0368 e. The van der Waals surface area contributed by atoms with E-state index in [2.05, 4.69) is 4.90 Å². The lowest BCUT2D eigenvalue weighted by atomic mass is 10.2. The van der Waals surface area contributed by atoms with Crippen molar-refractivity contribution in [1.82, 2.24) is 9.91 Å². The molecule has 0 aromatic rings. The molecular formula is C9H19N3. The van der Waals surface area contributed by atoms with Gasteiger partial charge in [0.1, 0.15) is 0 Å². The van der Waals surface area contributed by atoms with E-state index in [9.17, 15) is 0 Å². The molecule has 2 heterocycles. The standard InChI is InChI=1S/C9H19N3/c10-12-7-3-4-9(12)8-11-5-1-2-6-11/h9H,1-8,10H2. The van der Waals surface area contributed by atoms with E-state index in [0.717, 1.165) is 6.54 Å². The third-order valence-corrected chi connectivity index (χ3v) is 3.09. The van der Waals surface area contributed by atoms with Crippen LogP contribution in [0.4, 0.5) is 0 Å². The molecule has 70 valence electrons. The number of nitrogens with zero attached hydrogens (tertiary/aromatic N) is 2. The van der Waals surface area contributed by atoms with Crippen molar-refractivity contribution >= 4 is 0 Å². The highest BCUT2D eigenvalue weighted by atomic mass is 15.4. The van der Waals surface area contributed by atoms with E-state index >= 15 is 0 Å². The van der Waals surface area contributed by atoms with Gasteiger partial charge in [-0.15, -0.1) is 0 Å². The SMILES string of the molecule is NN1CCCC1CN1CCCC1. The van der Waals surface area contributed by atoms with Gasteiger partial charge in [-0.1, -0.05) is 0 Å². The van der Waals surface area contributed by atoms with Crippen molar-refractivity contribution in [3.05, 3.63) is 0 Å². The highest BCUT2D eigenvalue weighted by Crippen LogP contribution is 2.16. The van der Waals surface area contributed by atoms with Gasteiger partial charge in [-0.3, -0.25) is 5.84 Å². The first kappa shape index (κ1) is 8.48. The van der Waals surface area contributed by atoms with E-state index in [0.29, 0.717) is 6.04 Å². The number of hydrogen-bond donors (Lipinski definition) is 1. The van der Waals surface area contributed by atoms with E-state index in [4.69, 9.17) is 5.84 Å². The first-order valence-corrected chi connectivity index (χ1v) is 5.10. The fourth-order valence-corrected chi connectivity index (χ4v) is 2.32. The molecule has 0 spiro atoms. The summed E-state index contributed by atoms with van der Waals surface area (Å²) in [6.45, 7) is 4.89. The molecule has 0 amide bonds. The van der Waals surface area contributed by atoms with Crippen LogP contribution in [0.3, 0.4) is 0 Å². The monoisotopic (exact) mass is 169 g/mol. The summed E-state index contributed by atoms with van der Waals surface area (Å²) < 4.78 is 0. The van der Waals surface area contributed by atoms with Crippen LogP contribution >= 0.6 is 0 Å². The second-order valence-electron chi connectivity index (χ2n) is 4.04. The van der Waals surface area contributed by atoms with Crippen LogP contribution in [-0.2, 0) is 0 Å². The molecule has 3 nitrogen and oxygen atoms in total. The number of likely N-dealkylation sites (tertiary alicyclic amines) is 1. The molecule has 2 saturated heterocycles. The lowest BCUT2D eigenvalue weighted by Gasteiger charge is -2.24. The minimum absolute atomic E-state index is 0.642. The van der Waals surface area contributed by atoms with Crippen molar-refractivity contribution in [1.29, 1.82) is 0 Å². The molecule has 0 aliphatic carbocycles. The zero-order valence-corrected chi connectivity index (χ0v) is 7.71. The fourth-order valence-electron chi connectivity index (χ4n) is 2.32. The molecule has 2 aliphatic rings. The van der Waals surface area contributed by atoms with Crippen molar-refractivity contribution < 1.29 is 0 Å². The van der Waals surface area contributed by atoms with E-state index in [1.54, 1.807) is 0 Å². The van der Waals surface area contributed by atoms with Crippen molar-refractivity contribution in [3.8, 4) is 0 Å². The van der Waals surface area contributed by atoms with Crippen LogP contribution in [-0.4, -0.2) is 42.1 Å². The Bertz CT molecular complexity index is 143. The average molecular weight is 169 g/mol. The summed E-state index contributed by atoms with van der Waals surface area (Å²) in [5.41, 5.74) is 0. The molecule has 0 aromatic heterocycles. The van der Waals surface area contributed by atoms with Crippen LogP contribution < -0.4 is 5.84 Å². The zero-order valence-electron chi connectivity index (χ0n) is 7.71. The highest BCUT2D eigenvalue weighted by Gasteiger charge is 2.24. The Labute approximate surface area is 74.5 Å². The lowest BCUT2D eigenvalue weighted by molar-refractivity contribution is 0.194. The van der Waals surface area contributed by atoms with Gasteiger partial charge < -0.3 is 4.90 Å². The summed E-state index contributed by atoms with van der Waals surface area (Å²) >= 11 is 0. The molecule has 2 N–H and O–H groups in total. The topological polar surface area (TPSA) is 32.5 Å². The first-order chi connectivity index (χ1) is 5.86. The Morgan fingerprint density at radius 3 is 2.42 bits per heavy atom. The predicted molar refractivity (Wildman–Crippen MR) is 49.6 cm³/mol. The van der Waals surface area contributed by atoms with Crippen LogP contribution in [0.2, 0.25) is 0 Å². The third kappa shape index (κ3) is 1.79. The number of hydrazine groups is 1. The van der Waals surface area contributed by atoms with E-state index < -0.39 is 0 Å². The predicted octanol–water partition coefficient (Wildman–Crippen LogP) is 0.420. The van der Waals surface area contributed by atoms with Gasteiger partial charge >= 0.3 is 0 Å². The second-order valence-corrected chi connectivity index (χ2v) is 4.04. The number of rotatable bonds is 2. The van der Waals surface area contributed by atoms with Crippen molar-refractivity contribution in [3.63, 3.8) is 0 Å². The van der Waals surface area contributed by atoms with Gasteiger partial charge in [-0.2, -0.15) is 0 Å². The van der Waals surface area contributed by atoms with E-state index in [-0.39, 0.29) is 0 Å². The molecule has 2 rings (SSSR count). The van der Waals surface area contributed by atoms with Crippen LogP contribution in [0.25, 0.3) is 0 Å². The maximum atomic E-state index is 5.86. The van der Waals surface area contributed by atoms with Crippen LogP contribution in [0.15, 0.2) is 0 Å². The largest absolute Gasteiger partial charge is 0.302 e. The average Bonchev–Trinajstić information content (AvgIpc) is 2.65. The summed E-state index contributed by atoms with van der Waals surface area (Å²) in [5.74, 6) is 5.86. The van der Waals surface area contributed by atoms with Gasteiger partial charge in [0.05, 0.1) is 0 Å². The molecule has 0 radical (unpaired) electrons. The van der Waals surface area contributed by atoms with Gasteiger partial charge in [0.15, 0.2) is 0 Å². The minimum Gasteiger partial charge on any atom is -0.302 e. The fraction of sp³-hybridized carbons (Fsp3) is 1.00. The highest BCUT2D eigenvalue weighted by molar-refractivity contribution is 4.80. The summed E-state index contributed by atoms with van der Waals surface area (Å²) in [5, 5.41) is 2.03. The summed E-state index contributed by atoms with van der Waals surface area (Å²) in [7, 11) is 0. The molecule has 0 bridgehead atoms. The lowest BCUT2D eigenvalue weighted by Crippen LogP contribution is -2.43. The third-order valence-electron chi connectivity index (χ3n) is 3.09. The van der Waals surface area contributed by atoms with Gasteiger partial charge in [0.25, 0.3) is 0 Å². The number of hydrogen-bond acceptors (Lipinski definition) is 3. The Kier molecular flexibility index (Phi) is 2.63. The molecule has 2 aliphatic heterocycles. The Morgan fingerprint density at radius 1 is 1.08 bits per heavy atom. The second kappa shape index (κ2) is 3.73. The van der Waals surface area contributed by atoms with Gasteiger partial charge in [-0.25, -0.2) is 5.01 Å². The maximum Gasteiger partial charge on any atom is 0.0368 e. The summed E-state index contributed by atoms with van der Waals surface area (Å²) in [6, 6.07) is 0.642. The minimum atomic E-state index is 0.642. The van der Waals surface area contributed by atoms with Crippen LogP contribution in [0, 0.1) is 0 Å². The molecule has 12 heavy (non-hydrogen) atoms. The maximum absolute atomic E-state index is 5.86. The van der Waals surface area contributed by atoms with Crippen LogP contribution in [0.1, 0.15) is 25.7 Å². The molecule has 3 heteroatoms. The van der Waals surface area contributed by atoms with Crippen molar-refractivity contribution in [2.75, 3.05) is 26.2 Å². The Hall–Kier alpha value is -0.120. The normalized spacial score (nSPS) is 33.2. The summed E-state index contributed by atoms with van der Waals surface area (Å²) in [6.07, 6.45) is 5.36. The molecule has 0 saturated carbocycles. The van der Waals surface area contributed by atoms with E-state index in [1.165, 1.54) is 45.3 Å². The Morgan fingerprint density at radius 2 is 1.83 bits per heavy atom. The van der Waals surface area contributed by atoms with Gasteiger partial charge in [0.2, 0.25) is 0 Å². The first-order valence-electron chi connectivity index (χ1n) is 5.10. The van der Waals surface area contributed by atoms with Crippen LogP contribution in [0.5, 0.6) is 0 Å². The van der Waals surface area contributed by atoms with Gasteiger partial charge in [-0.05, 0) is 38.8 Å². The quantitative estimate of drug-likeness (QED) is 0.608. The molecule has 2 fully saturated rings. The zero-order chi connectivity index (χ0) is 8.39. The van der Waals surface area contributed by atoms with Crippen molar-refractivity contribution in [2.24, 2.45) is 5.84 Å². The molecular weight excluding hydrogens is 150 g/mol. The van der Waals surface area contributed by atoms with Crippen molar-refractivity contribution in [2.45, 2.75) is 31.7 Å². The summed E-state index contributed by atoms with van der Waals surface area (Å²) in [4.78, 5) is 2.55. The molecule has 0 aromatic carbocycles. The Balaban J connectivity index is 1.77. The van der Waals surface area contributed by atoms with E-state index in [1.807, 2.05) is 5.01 Å². The van der Waals surface area contributed by atoms with Gasteiger partial charge in [0, 0.05) is 19.1 Å². The number of nitrogens with two attached hydrogens (primary N) is 1. The molecule has 1 unspecified atom stereocenters.